The van der Waals surface area contributed by atoms with Crippen molar-refractivity contribution in [3.05, 3.63) is 82.7 Å². The zero-order valence-corrected chi connectivity index (χ0v) is 18.9. The lowest BCUT2D eigenvalue weighted by Gasteiger charge is -2.31. The van der Waals surface area contributed by atoms with E-state index in [1.807, 2.05) is 16.8 Å². The minimum atomic E-state index is -1.98. The van der Waals surface area contributed by atoms with Gasteiger partial charge in [-0.15, -0.1) is 5.10 Å². The van der Waals surface area contributed by atoms with E-state index in [9.17, 15) is 4.21 Å². The number of hydrogen-bond acceptors (Lipinski definition) is 4. The van der Waals surface area contributed by atoms with Crippen LogP contribution in [0.4, 0.5) is 0 Å². The zero-order chi connectivity index (χ0) is 21.9. The number of rotatable bonds is 7. The number of piperidine rings is 1. The monoisotopic (exact) mass is 451 g/mol. The molecule has 0 radical (unpaired) electrons. The maximum Gasteiger partial charge on any atom is 0.232 e. The predicted octanol–water partition coefficient (Wildman–Crippen LogP) is 3.42. The Labute approximate surface area is 191 Å². The van der Waals surface area contributed by atoms with Crippen molar-refractivity contribution in [2.24, 2.45) is 0 Å². The van der Waals surface area contributed by atoms with Crippen molar-refractivity contribution >= 4 is 11.3 Å². The third kappa shape index (κ3) is 4.83. The van der Waals surface area contributed by atoms with E-state index in [0.717, 1.165) is 56.6 Å². The molecule has 7 nitrogen and oxygen atoms in total. The summed E-state index contributed by atoms with van der Waals surface area (Å²) >= 11 is -1.98. The first kappa shape index (κ1) is 21.5. The van der Waals surface area contributed by atoms with Crippen LogP contribution in [-0.4, -0.2) is 41.7 Å². The van der Waals surface area contributed by atoms with Crippen LogP contribution in [0.3, 0.4) is 0 Å². The molecule has 2 atom stereocenters. The van der Waals surface area contributed by atoms with E-state index in [1.165, 1.54) is 16.7 Å². The number of nitrogens with one attached hydrogen (secondary N) is 1. The number of fused-ring (bicyclic) bond motifs is 1. The van der Waals surface area contributed by atoms with Gasteiger partial charge in [-0.3, -0.25) is 9.45 Å². The number of aryl methyl sites for hydroxylation is 1. The van der Waals surface area contributed by atoms with Crippen LogP contribution in [-0.2, 0) is 30.8 Å². The van der Waals surface area contributed by atoms with Gasteiger partial charge in [-0.05, 0) is 66.9 Å². The second-order valence-electron chi connectivity index (χ2n) is 8.81. The van der Waals surface area contributed by atoms with Gasteiger partial charge in [0.1, 0.15) is 0 Å². The molecule has 2 N–H and O–H groups in total. The maximum atomic E-state index is 10.9. The van der Waals surface area contributed by atoms with Gasteiger partial charge >= 0.3 is 0 Å². The molecule has 2 aliphatic rings. The Morgan fingerprint density at radius 1 is 1.09 bits per heavy atom. The Morgan fingerprint density at radius 2 is 1.94 bits per heavy atom. The van der Waals surface area contributed by atoms with Crippen LogP contribution in [0.5, 0.6) is 0 Å². The summed E-state index contributed by atoms with van der Waals surface area (Å²) in [5.41, 5.74) is 6.21. The van der Waals surface area contributed by atoms with Crippen LogP contribution in [0.15, 0.2) is 54.7 Å². The number of aromatic nitrogens is 3. The number of hydrogen-bond donors (Lipinski definition) is 2. The Morgan fingerprint density at radius 3 is 2.78 bits per heavy atom. The summed E-state index contributed by atoms with van der Waals surface area (Å²) in [5, 5.41) is 8.93. The fourth-order valence-corrected chi connectivity index (χ4v) is 5.39. The maximum absolute atomic E-state index is 10.9. The van der Waals surface area contributed by atoms with Crippen LogP contribution in [0.1, 0.15) is 59.2 Å². The number of nitrogens with zero attached hydrogens (tertiary/aromatic N) is 4. The van der Waals surface area contributed by atoms with Crippen LogP contribution in [0.2, 0.25) is 0 Å². The first-order valence-electron chi connectivity index (χ1n) is 11.3. The summed E-state index contributed by atoms with van der Waals surface area (Å²) in [7, 11) is 0. The smallest absolute Gasteiger partial charge is 0.232 e. The van der Waals surface area contributed by atoms with Crippen molar-refractivity contribution in [1.29, 1.82) is 0 Å². The largest absolute Gasteiger partial charge is 0.297 e. The lowest BCUT2D eigenvalue weighted by Crippen LogP contribution is -2.32. The summed E-state index contributed by atoms with van der Waals surface area (Å²) in [4.78, 5) is 2.47. The van der Waals surface area contributed by atoms with E-state index in [4.69, 9.17) is 4.55 Å². The molecule has 1 aliphatic heterocycles. The summed E-state index contributed by atoms with van der Waals surface area (Å²) in [6, 6.07) is 17.3. The second kappa shape index (κ2) is 9.62. The highest BCUT2D eigenvalue weighted by Crippen LogP contribution is 2.34. The van der Waals surface area contributed by atoms with Gasteiger partial charge < -0.3 is 0 Å². The molecule has 3 aromatic rings. The molecule has 1 aromatic heterocycles. The quantitative estimate of drug-likeness (QED) is 0.538. The SMILES string of the molecule is O=S(O)NCc1cccc(C2CCN(Cc3cn(C4CCc5ccccc54)nn3)CC2)c1. The molecule has 2 unspecified atom stereocenters. The summed E-state index contributed by atoms with van der Waals surface area (Å²) < 4.78 is 24.4. The molecule has 0 amide bonds. The lowest BCUT2D eigenvalue weighted by atomic mass is 9.88. The molecule has 1 fully saturated rings. The molecule has 2 aromatic carbocycles. The Hall–Kier alpha value is -2.39. The molecule has 32 heavy (non-hydrogen) atoms. The van der Waals surface area contributed by atoms with E-state index in [-0.39, 0.29) is 0 Å². The topological polar surface area (TPSA) is 83.3 Å². The Balaban J connectivity index is 1.16. The molecule has 0 saturated carbocycles. The lowest BCUT2D eigenvalue weighted by molar-refractivity contribution is 0.202. The van der Waals surface area contributed by atoms with Crippen molar-refractivity contribution in [1.82, 2.24) is 24.6 Å². The van der Waals surface area contributed by atoms with E-state index in [2.05, 4.69) is 62.5 Å². The first-order chi connectivity index (χ1) is 15.7. The van der Waals surface area contributed by atoms with E-state index in [0.29, 0.717) is 18.5 Å². The van der Waals surface area contributed by atoms with Gasteiger partial charge in [-0.1, -0.05) is 53.7 Å². The van der Waals surface area contributed by atoms with Crippen molar-refractivity contribution in [3.8, 4) is 0 Å². The second-order valence-corrected chi connectivity index (χ2v) is 9.60. The van der Waals surface area contributed by atoms with Gasteiger partial charge in [0.05, 0.1) is 17.9 Å². The van der Waals surface area contributed by atoms with Crippen LogP contribution in [0, 0.1) is 0 Å². The normalized spacial score (nSPS) is 20.3. The van der Waals surface area contributed by atoms with E-state index >= 15 is 0 Å². The molecule has 1 saturated heterocycles. The number of likely N-dealkylation sites (tertiary alicyclic amines) is 1. The molecule has 5 rings (SSSR count). The Kier molecular flexibility index (Phi) is 6.45. The highest BCUT2D eigenvalue weighted by atomic mass is 32.2. The summed E-state index contributed by atoms with van der Waals surface area (Å²) in [6.45, 7) is 3.31. The summed E-state index contributed by atoms with van der Waals surface area (Å²) in [5.74, 6) is 0.525. The van der Waals surface area contributed by atoms with Gasteiger partial charge in [0.2, 0.25) is 11.3 Å². The molecular formula is C24H29N5O2S. The van der Waals surface area contributed by atoms with Crippen LogP contribution in [0.25, 0.3) is 0 Å². The van der Waals surface area contributed by atoms with E-state index < -0.39 is 11.3 Å². The van der Waals surface area contributed by atoms with E-state index in [1.54, 1.807) is 0 Å². The van der Waals surface area contributed by atoms with Gasteiger partial charge in [0, 0.05) is 13.1 Å². The average molecular weight is 452 g/mol. The third-order valence-electron chi connectivity index (χ3n) is 6.77. The molecule has 0 spiro atoms. The average Bonchev–Trinajstić information content (AvgIpc) is 3.45. The minimum Gasteiger partial charge on any atom is -0.297 e. The molecule has 2 heterocycles. The van der Waals surface area contributed by atoms with Gasteiger partial charge in [0.25, 0.3) is 0 Å². The predicted molar refractivity (Wildman–Crippen MR) is 124 cm³/mol. The zero-order valence-electron chi connectivity index (χ0n) is 18.1. The van der Waals surface area contributed by atoms with Crippen molar-refractivity contribution < 1.29 is 8.76 Å². The fraction of sp³-hybridized carbons (Fsp3) is 0.417. The third-order valence-corrected chi connectivity index (χ3v) is 7.16. The highest BCUT2D eigenvalue weighted by molar-refractivity contribution is 7.77. The van der Waals surface area contributed by atoms with Gasteiger partial charge in [-0.2, -0.15) is 0 Å². The van der Waals surface area contributed by atoms with Crippen molar-refractivity contribution in [2.75, 3.05) is 13.1 Å². The van der Waals surface area contributed by atoms with Gasteiger partial charge in [0.15, 0.2) is 0 Å². The highest BCUT2D eigenvalue weighted by Gasteiger charge is 2.26. The van der Waals surface area contributed by atoms with Crippen LogP contribution >= 0.6 is 0 Å². The number of benzene rings is 2. The molecule has 168 valence electrons. The fourth-order valence-electron chi connectivity index (χ4n) is 5.10. The molecule has 0 bridgehead atoms. The molecular weight excluding hydrogens is 422 g/mol. The minimum absolute atomic E-state index is 0.309. The van der Waals surface area contributed by atoms with Crippen molar-refractivity contribution in [3.63, 3.8) is 0 Å². The van der Waals surface area contributed by atoms with Crippen LogP contribution < -0.4 is 4.72 Å². The molecule has 8 heteroatoms. The Bertz CT molecular complexity index is 1090. The first-order valence-corrected chi connectivity index (χ1v) is 12.4. The van der Waals surface area contributed by atoms with Gasteiger partial charge in [-0.25, -0.2) is 13.6 Å². The molecule has 1 aliphatic carbocycles. The standard InChI is InChI=1S/C24H29N5O2S/c30-32(31)25-15-18-4-3-6-21(14-18)19-10-12-28(13-11-19)16-22-17-29(27-26-22)24-9-8-20-5-1-2-7-23(20)24/h1-7,14,17,19,24-25H,8-13,15-16H2,(H,30,31). The van der Waals surface area contributed by atoms with Crippen molar-refractivity contribution in [2.45, 2.75) is 50.7 Å². The summed E-state index contributed by atoms with van der Waals surface area (Å²) in [6.07, 6.45) is 6.54.